The third-order valence-electron chi connectivity index (χ3n) is 4.11. The second-order valence-electron chi connectivity index (χ2n) is 6.28. The van der Waals surface area contributed by atoms with E-state index in [0.717, 1.165) is 12.0 Å². The Labute approximate surface area is 168 Å². The van der Waals surface area contributed by atoms with Gasteiger partial charge in [-0.2, -0.15) is 0 Å². The second-order valence-corrected chi connectivity index (χ2v) is 7.10. The van der Waals surface area contributed by atoms with E-state index in [-0.39, 0.29) is 0 Å². The first-order valence-electron chi connectivity index (χ1n) is 8.83. The summed E-state index contributed by atoms with van der Waals surface area (Å²) in [5.74, 6) is 0. The van der Waals surface area contributed by atoms with E-state index in [1.54, 1.807) is 6.07 Å². The molecule has 0 saturated heterocycles. The van der Waals surface area contributed by atoms with Crippen LogP contribution in [0.3, 0.4) is 0 Å². The second kappa shape index (κ2) is 11.8. The van der Waals surface area contributed by atoms with Crippen molar-refractivity contribution in [1.29, 1.82) is 0 Å². The van der Waals surface area contributed by atoms with E-state index < -0.39 is 0 Å². The van der Waals surface area contributed by atoms with Crippen molar-refractivity contribution in [2.75, 3.05) is 0 Å². The zero-order valence-corrected chi connectivity index (χ0v) is 17.8. The van der Waals surface area contributed by atoms with Crippen LogP contribution >= 0.6 is 23.2 Å². The fourth-order valence-electron chi connectivity index (χ4n) is 2.33. The lowest BCUT2D eigenvalue weighted by Crippen LogP contribution is -1.88. The summed E-state index contributed by atoms with van der Waals surface area (Å²) in [6.07, 6.45) is 1.15. The van der Waals surface area contributed by atoms with Crippen LogP contribution in [-0.4, -0.2) is 0 Å². The maximum absolute atomic E-state index is 5.68. The first-order chi connectivity index (χ1) is 12.3. The molecule has 0 bridgehead atoms. The molecular formula is C24H28Cl2. The highest BCUT2D eigenvalue weighted by Crippen LogP contribution is 2.21. The van der Waals surface area contributed by atoms with Gasteiger partial charge in [0.2, 0.25) is 0 Å². The van der Waals surface area contributed by atoms with Crippen molar-refractivity contribution in [3.8, 4) is 0 Å². The first kappa shape index (κ1) is 22.3. The minimum Gasteiger partial charge on any atom is -0.0827 e. The van der Waals surface area contributed by atoms with Crippen LogP contribution in [0.5, 0.6) is 0 Å². The summed E-state index contributed by atoms with van der Waals surface area (Å²) in [6, 6.07) is 22.3. The first-order valence-corrected chi connectivity index (χ1v) is 9.59. The molecule has 0 aromatic heterocycles. The van der Waals surface area contributed by atoms with Crippen molar-refractivity contribution in [2.24, 2.45) is 0 Å². The summed E-state index contributed by atoms with van der Waals surface area (Å²) in [5, 5.41) is 1.24. The van der Waals surface area contributed by atoms with Gasteiger partial charge >= 0.3 is 0 Å². The van der Waals surface area contributed by atoms with Crippen LogP contribution < -0.4 is 0 Å². The number of hydrogen-bond donors (Lipinski definition) is 0. The lowest BCUT2D eigenvalue weighted by molar-refractivity contribution is 1.09. The van der Waals surface area contributed by atoms with Gasteiger partial charge in [0.05, 0.1) is 10.0 Å². The molecule has 0 atom stereocenters. The van der Waals surface area contributed by atoms with E-state index in [1.165, 1.54) is 22.3 Å². The number of aryl methyl sites for hydroxylation is 4. The van der Waals surface area contributed by atoms with Crippen molar-refractivity contribution < 1.29 is 0 Å². The van der Waals surface area contributed by atoms with E-state index in [2.05, 4.69) is 58.0 Å². The van der Waals surface area contributed by atoms with Crippen LogP contribution in [0.4, 0.5) is 0 Å². The fraction of sp³-hybridized carbons (Fsp3) is 0.250. The minimum atomic E-state index is 0.613. The van der Waals surface area contributed by atoms with E-state index in [4.69, 9.17) is 23.2 Å². The van der Waals surface area contributed by atoms with Crippen LogP contribution in [0.1, 0.15) is 34.7 Å². The summed E-state index contributed by atoms with van der Waals surface area (Å²) in [6.45, 7) is 10.6. The van der Waals surface area contributed by atoms with Crippen LogP contribution in [0.25, 0.3) is 0 Å². The van der Waals surface area contributed by atoms with Gasteiger partial charge in [-0.25, -0.2) is 0 Å². The van der Waals surface area contributed by atoms with Gasteiger partial charge in [0.1, 0.15) is 0 Å². The smallest absolute Gasteiger partial charge is 0.0594 e. The van der Waals surface area contributed by atoms with Crippen molar-refractivity contribution in [3.63, 3.8) is 0 Å². The Morgan fingerprint density at radius 1 is 0.654 bits per heavy atom. The van der Waals surface area contributed by atoms with Gasteiger partial charge in [0.25, 0.3) is 0 Å². The number of hydrogen-bond acceptors (Lipinski definition) is 0. The maximum atomic E-state index is 5.68. The third kappa shape index (κ3) is 8.08. The van der Waals surface area contributed by atoms with Crippen LogP contribution in [0.15, 0.2) is 66.7 Å². The SMILES string of the molecule is CCc1cccc(C)c1C.Cc1ccc(Cl)c(Cl)c1.Cc1ccccc1. The monoisotopic (exact) mass is 386 g/mol. The zero-order chi connectivity index (χ0) is 19.5. The summed E-state index contributed by atoms with van der Waals surface area (Å²) >= 11 is 11.3. The van der Waals surface area contributed by atoms with Crippen molar-refractivity contribution in [1.82, 2.24) is 0 Å². The molecule has 0 spiro atoms. The normalized spacial score (nSPS) is 9.50. The molecule has 26 heavy (non-hydrogen) atoms. The maximum Gasteiger partial charge on any atom is 0.0594 e. The summed E-state index contributed by atoms with van der Waals surface area (Å²) < 4.78 is 0. The van der Waals surface area contributed by atoms with E-state index >= 15 is 0 Å². The van der Waals surface area contributed by atoms with E-state index in [1.807, 2.05) is 37.3 Å². The average molecular weight is 387 g/mol. The largest absolute Gasteiger partial charge is 0.0827 e. The predicted octanol–water partition coefficient (Wildman–Crippen LogP) is 8.16. The molecule has 2 heteroatoms. The van der Waals surface area contributed by atoms with E-state index in [0.29, 0.717) is 10.0 Å². The summed E-state index contributed by atoms with van der Waals surface area (Å²) in [5.41, 5.74) is 6.77. The quantitative estimate of drug-likeness (QED) is 0.395. The Morgan fingerprint density at radius 2 is 1.31 bits per heavy atom. The Balaban J connectivity index is 0.000000198. The van der Waals surface area contributed by atoms with Crippen molar-refractivity contribution in [2.45, 2.75) is 41.0 Å². The fourth-order valence-corrected chi connectivity index (χ4v) is 2.68. The molecule has 138 valence electrons. The highest BCUT2D eigenvalue weighted by Gasteiger charge is 1.95. The molecule has 0 unspecified atom stereocenters. The van der Waals surface area contributed by atoms with Gasteiger partial charge in [-0.1, -0.05) is 90.3 Å². The van der Waals surface area contributed by atoms with E-state index in [9.17, 15) is 0 Å². The molecule has 0 N–H and O–H groups in total. The Morgan fingerprint density at radius 3 is 1.73 bits per heavy atom. The Kier molecular flexibility index (Phi) is 10.1. The van der Waals surface area contributed by atoms with Crippen LogP contribution in [0.2, 0.25) is 10.0 Å². The molecule has 0 radical (unpaired) electrons. The topological polar surface area (TPSA) is 0 Å². The summed E-state index contributed by atoms with van der Waals surface area (Å²) in [4.78, 5) is 0. The highest BCUT2D eigenvalue weighted by atomic mass is 35.5. The average Bonchev–Trinajstić information content (AvgIpc) is 2.63. The van der Waals surface area contributed by atoms with Gasteiger partial charge in [-0.3, -0.25) is 0 Å². The van der Waals surface area contributed by atoms with Crippen LogP contribution in [-0.2, 0) is 6.42 Å². The third-order valence-corrected chi connectivity index (χ3v) is 4.85. The molecule has 0 nitrogen and oxygen atoms in total. The number of rotatable bonds is 1. The summed E-state index contributed by atoms with van der Waals surface area (Å²) in [7, 11) is 0. The van der Waals surface area contributed by atoms with Gasteiger partial charge < -0.3 is 0 Å². The van der Waals surface area contributed by atoms with Crippen molar-refractivity contribution in [3.05, 3.63) is 105 Å². The van der Waals surface area contributed by atoms with Crippen LogP contribution in [0, 0.1) is 27.7 Å². The molecular weight excluding hydrogens is 359 g/mol. The molecule has 0 aliphatic heterocycles. The number of benzene rings is 3. The van der Waals surface area contributed by atoms with Crippen molar-refractivity contribution >= 4 is 23.2 Å². The zero-order valence-electron chi connectivity index (χ0n) is 16.3. The lowest BCUT2D eigenvalue weighted by Gasteiger charge is -2.04. The van der Waals surface area contributed by atoms with Gasteiger partial charge in [0.15, 0.2) is 0 Å². The number of halogens is 2. The minimum absolute atomic E-state index is 0.613. The Hall–Kier alpha value is -1.76. The molecule has 3 rings (SSSR count). The van der Waals surface area contributed by atoms with Gasteiger partial charge in [-0.15, -0.1) is 0 Å². The molecule has 0 fully saturated rings. The Bertz CT molecular complexity index is 793. The molecule has 3 aromatic carbocycles. The van der Waals surface area contributed by atoms with Gasteiger partial charge in [0, 0.05) is 0 Å². The van der Waals surface area contributed by atoms with Gasteiger partial charge in [-0.05, 0) is 68.5 Å². The lowest BCUT2D eigenvalue weighted by atomic mass is 10.0. The predicted molar refractivity (Wildman–Crippen MR) is 118 cm³/mol. The molecule has 0 heterocycles. The molecule has 3 aromatic rings. The highest BCUT2D eigenvalue weighted by molar-refractivity contribution is 6.41. The standard InChI is InChI=1S/C10H14.C7H6Cl2.C7H8/c1-4-10-7-5-6-8(2)9(10)3;1-5-2-3-6(8)7(9)4-5;1-7-5-3-2-4-6-7/h5-7H,4H2,1-3H3;2-4H,1H3;2-6H,1H3. The molecule has 0 aliphatic rings. The molecule has 0 saturated carbocycles. The molecule has 0 aliphatic carbocycles. The molecule has 0 amide bonds.